The van der Waals surface area contributed by atoms with Crippen molar-refractivity contribution in [1.29, 1.82) is 0 Å². The molecule has 1 aromatic carbocycles. The van der Waals surface area contributed by atoms with Crippen LogP contribution in [0.2, 0.25) is 0 Å². The van der Waals surface area contributed by atoms with Crippen LogP contribution in [0.5, 0.6) is 5.75 Å². The Kier molecular flexibility index (Phi) is 4.19. The Morgan fingerprint density at radius 1 is 1.23 bits per heavy atom. The molecule has 0 radical (unpaired) electrons. The third-order valence-electron chi connectivity index (χ3n) is 5.14. The number of methoxy groups -OCH3 is 1. The molecule has 4 nitrogen and oxygen atoms in total. The normalized spacial score (nSPS) is 28.3. The molecule has 2 aliphatic carbocycles. The van der Waals surface area contributed by atoms with Crippen LogP contribution in [0.3, 0.4) is 0 Å². The highest BCUT2D eigenvalue weighted by Gasteiger charge is 2.43. The Hall–Kier alpha value is -1.84. The summed E-state index contributed by atoms with van der Waals surface area (Å²) < 4.78 is 5.36. The van der Waals surface area contributed by atoms with Crippen LogP contribution < -0.4 is 10.1 Å². The Balaban J connectivity index is 1.66. The van der Waals surface area contributed by atoms with Gasteiger partial charge in [0.1, 0.15) is 11.5 Å². The van der Waals surface area contributed by atoms with Crippen LogP contribution in [0.1, 0.15) is 44.2 Å². The first-order valence-corrected chi connectivity index (χ1v) is 8.07. The van der Waals surface area contributed by atoms with Crippen molar-refractivity contribution in [2.45, 2.75) is 38.6 Å². The van der Waals surface area contributed by atoms with E-state index in [1.54, 1.807) is 7.11 Å². The molecule has 22 heavy (non-hydrogen) atoms. The number of nitrogens with one attached hydrogen (secondary N) is 1. The Morgan fingerprint density at radius 2 is 1.86 bits per heavy atom. The van der Waals surface area contributed by atoms with Crippen LogP contribution in [-0.2, 0) is 9.59 Å². The molecule has 2 fully saturated rings. The highest BCUT2D eigenvalue weighted by Crippen LogP contribution is 2.42. The molecular formula is C18H23NO3. The van der Waals surface area contributed by atoms with Crippen molar-refractivity contribution in [3.63, 3.8) is 0 Å². The number of amides is 1. The lowest BCUT2D eigenvalue weighted by atomic mass is 9.79. The third-order valence-corrected chi connectivity index (χ3v) is 5.14. The molecule has 0 aliphatic heterocycles. The Labute approximate surface area is 131 Å². The fraction of sp³-hybridized carbons (Fsp3) is 0.556. The maximum absolute atomic E-state index is 12.5. The van der Waals surface area contributed by atoms with E-state index in [0.717, 1.165) is 37.0 Å². The van der Waals surface area contributed by atoms with Crippen molar-refractivity contribution in [3.8, 4) is 5.75 Å². The predicted octanol–water partition coefficient (Wildman–Crippen LogP) is 2.88. The minimum Gasteiger partial charge on any atom is -0.496 e. The number of carbonyl (C=O) groups excluding carboxylic acids is 2. The number of ether oxygens (including phenoxy) is 1. The van der Waals surface area contributed by atoms with Crippen molar-refractivity contribution in [3.05, 3.63) is 29.8 Å². The van der Waals surface area contributed by atoms with Crippen molar-refractivity contribution < 1.29 is 14.3 Å². The van der Waals surface area contributed by atoms with Gasteiger partial charge in [0.15, 0.2) is 0 Å². The maximum Gasteiger partial charge on any atom is 0.223 e. The van der Waals surface area contributed by atoms with E-state index in [9.17, 15) is 9.59 Å². The lowest BCUT2D eigenvalue weighted by Crippen LogP contribution is -2.38. The highest BCUT2D eigenvalue weighted by molar-refractivity contribution is 5.89. The average molecular weight is 301 g/mol. The highest BCUT2D eigenvalue weighted by atomic mass is 16.5. The zero-order valence-electron chi connectivity index (χ0n) is 13.2. The van der Waals surface area contributed by atoms with Gasteiger partial charge in [0.25, 0.3) is 0 Å². The number of benzene rings is 1. The van der Waals surface area contributed by atoms with Gasteiger partial charge < -0.3 is 10.1 Å². The molecule has 1 N–H and O–H groups in total. The topological polar surface area (TPSA) is 55.4 Å². The summed E-state index contributed by atoms with van der Waals surface area (Å²) in [5.74, 6) is 1.47. The van der Waals surface area contributed by atoms with Gasteiger partial charge >= 0.3 is 0 Å². The molecule has 1 amide bonds. The maximum atomic E-state index is 12.5. The summed E-state index contributed by atoms with van der Waals surface area (Å²) >= 11 is 0. The summed E-state index contributed by atoms with van der Waals surface area (Å²) in [5.41, 5.74) is 0.980. The molecular weight excluding hydrogens is 278 g/mol. The second-order valence-electron chi connectivity index (χ2n) is 6.51. The molecule has 0 saturated heterocycles. The zero-order valence-corrected chi connectivity index (χ0v) is 13.2. The summed E-state index contributed by atoms with van der Waals surface area (Å²) in [7, 11) is 1.64. The number of rotatable bonds is 4. The number of ketones is 1. The molecule has 4 heteroatoms. The summed E-state index contributed by atoms with van der Waals surface area (Å²) in [6.45, 7) is 1.97. The summed E-state index contributed by atoms with van der Waals surface area (Å²) in [6, 6.07) is 7.63. The van der Waals surface area contributed by atoms with E-state index in [-0.39, 0.29) is 29.7 Å². The van der Waals surface area contributed by atoms with Gasteiger partial charge in [-0.1, -0.05) is 18.2 Å². The number of hydrogen-bond acceptors (Lipinski definition) is 3. The average Bonchev–Trinajstić information content (AvgIpc) is 2.76. The van der Waals surface area contributed by atoms with E-state index < -0.39 is 0 Å². The Bertz CT molecular complexity index is 567. The smallest absolute Gasteiger partial charge is 0.223 e. The lowest BCUT2D eigenvalue weighted by molar-refractivity contribution is -0.132. The molecule has 3 unspecified atom stereocenters. The first kappa shape index (κ1) is 15.1. The Morgan fingerprint density at radius 3 is 2.50 bits per heavy atom. The molecule has 3 rings (SSSR count). The zero-order chi connectivity index (χ0) is 15.7. The number of carbonyl (C=O) groups is 2. The fourth-order valence-corrected chi connectivity index (χ4v) is 3.92. The molecule has 0 heterocycles. The third kappa shape index (κ3) is 2.74. The molecule has 2 aliphatic rings. The van der Waals surface area contributed by atoms with Gasteiger partial charge in [-0.25, -0.2) is 0 Å². The molecule has 0 aromatic heterocycles. The largest absolute Gasteiger partial charge is 0.496 e. The first-order valence-electron chi connectivity index (χ1n) is 8.07. The standard InChI is InChI=1S/C18H23NO3/c1-11(15-5-3-4-6-16(15)22-2)19-18(21)14-9-12-7-8-13(10-14)17(12)20/h3-6,11-14H,7-10H2,1-2H3,(H,19,21). The number of fused-ring (bicyclic) bond motifs is 2. The number of Topliss-reactive ketones (excluding diaryl/α,β-unsaturated/α-hetero) is 1. The van der Waals surface area contributed by atoms with Crippen LogP contribution in [0.4, 0.5) is 0 Å². The van der Waals surface area contributed by atoms with E-state index in [1.165, 1.54) is 0 Å². The SMILES string of the molecule is COc1ccccc1C(C)NC(=O)C1CC2CCC(C1)C2=O. The molecule has 1 aromatic rings. The second-order valence-corrected chi connectivity index (χ2v) is 6.51. The van der Waals surface area contributed by atoms with Crippen molar-refractivity contribution >= 4 is 11.7 Å². The van der Waals surface area contributed by atoms with E-state index in [1.807, 2.05) is 31.2 Å². The van der Waals surface area contributed by atoms with Crippen molar-refractivity contribution in [1.82, 2.24) is 5.32 Å². The number of hydrogen-bond donors (Lipinski definition) is 1. The lowest BCUT2D eigenvalue weighted by Gasteiger charge is -2.27. The van der Waals surface area contributed by atoms with Crippen LogP contribution in [0.25, 0.3) is 0 Å². The minimum atomic E-state index is -0.0982. The van der Waals surface area contributed by atoms with Crippen LogP contribution in [0.15, 0.2) is 24.3 Å². The van der Waals surface area contributed by atoms with Gasteiger partial charge in [-0.05, 0) is 38.7 Å². The van der Waals surface area contributed by atoms with Crippen LogP contribution >= 0.6 is 0 Å². The minimum absolute atomic E-state index is 0.0210. The second kappa shape index (κ2) is 6.11. The van der Waals surface area contributed by atoms with Crippen LogP contribution in [-0.4, -0.2) is 18.8 Å². The van der Waals surface area contributed by atoms with E-state index in [4.69, 9.17) is 4.74 Å². The fourth-order valence-electron chi connectivity index (χ4n) is 3.92. The monoisotopic (exact) mass is 301 g/mol. The van der Waals surface area contributed by atoms with E-state index in [2.05, 4.69) is 5.32 Å². The molecule has 2 saturated carbocycles. The molecule has 0 spiro atoms. The number of para-hydroxylation sites is 1. The summed E-state index contributed by atoms with van der Waals surface area (Å²) in [5, 5.41) is 3.09. The van der Waals surface area contributed by atoms with Gasteiger partial charge in [0.2, 0.25) is 5.91 Å². The quantitative estimate of drug-likeness (QED) is 0.930. The van der Waals surface area contributed by atoms with E-state index in [0.29, 0.717) is 5.78 Å². The van der Waals surface area contributed by atoms with Gasteiger partial charge in [0.05, 0.1) is 13.2 Å². The van der Waals surface area contributed by atoms with Gasteiger partial charge in [0, 0.05) is 23.3 Å². The van der Waals surface area contributed by atoms with Gasteiger partial charge in [-0.15, -0.1) is 0 Å². The van der Waals surface area contributed by atoms with Gasteiger partial charge in [-0.2, -0.15) is 0 Å². The summed E-state index contributed by atoms with van der Waals surface area (Å²) in [4.78, 5) is 24.5. The first-order chi connectivity index (χ1) is 10.6. The van der Waals surface area contributed by atoms with Gasteiger partial charge in [-0.3, -0.25) is 9.59 Å². The summed E-state index contributed by atoms with van der Waals surface area (Å²) in [6.07, 6.45) is 3.38. The van der Waals surface area contributed by atoms with Crippen molar-refractivity contribution in [2.75, 3.05) is 7.11 Å². The molecule has 118 valence electrons. The molecule has 2 bridgehead atoms. The molecule has 3 atom stereocenters. The van der Waals surface area contributed by atoms with E-state index >= 15 is 0 Å². The van der Waals surface area contributed by atoms with Crippen molar-refractivity contribution in [2.24, 2.45) is 17.8 Å². The van der Waals surface area contributed by atoms with Crippen LogP contribution in [0, 0.1) is 17.8 Å². The predicted molar refractivity (Wildman–Crippen MR) is 83.5 cm³/mol.